The van der Waals surface area contributed by atoms with Crippen molar-refractivity contribution < 1.29 is 17.9 Å². The highest BCUT2D eigenvalue weighted by Crippen LogP contribution is 2.31. The smallest absolute Gasteiger partial charge is 0.244 e. The van der Waals surface area contributed by atoms with Crippen LogP contribution in [-0.2, 0) is 14.8 Å². The van der Waals surface area contributed by atoms with Gasteiger partial charge in [0.15, 0.2) is 0 Å². The number of ether oxygens (including phenoxy) is 1. The van der Waals surface area contributed by atoms with Gasteiger partial charge in [-0.2, -0.15) is 0 Å². The molecule has 32 heavy (non-hydrogen) atoms. The molecule has 0 aromatic heterocycles. The minimum absolute atomic E-state index is 0.0344. The molecule has 1 aliphatic rings. The molecule has 0 bridgehead atoms. The third kappa shape index (κ3) is 5.81. The van der Waals surface area contributed by atoms with E-state index in [2.05, 4.69) is 22.3 Å². The molecule has 1 aliphatic heterocycles. The molecule has 3 rings (SSSR count). The molecule has 1 saturated heterocycles. The normalized spacial score (nSPS) is 17.7. The maximum Gasteiger partial charge on any atom is 0.244 e. The number of methoxy groups -OCH3 is 1. The van der Waals surface area contributed by atoms with Crippen LogP contribution in [0.1, 0.15) is 37.3 Å². The van der Waals surface area contributed by atoms with Crippen LogP contribution in [0.2, 0.25) is 5.02 Å². The van der Waals surface area contributed by atoms with Crippen molar-refractivity contribution in [3.05, 3.63) is 53.1 Å². The highest BCUT2D eigenvalue weighted by atomic mass is 35.5. The highest BCUT2D eigenvalue weighted by molar-refractivity contribution is 7.89. The van der Waals surface area contributed by atoms with Crippen molar-refractivity contribution in [2.24, 2.45) is 0 Å². The monoisotopic (exact) mass is 479 g/mol. The average molecular weight is 480 g/mol. The fraction of sp³-hybridized carbons (Fsp3) is 0.435. The number of nitrogens with one attached hydrogen (secondary N) is 1. The molecule has 1 atom stereocenters. The molecule has 1 heterocycles. The fourth-order valence-electron chi connectivity index (χ4n) is 3.92. The number of sulfonamides is 1. The summed E-state index contributed by atoms with van der Waals surface area (Å²) in [4.78, 5) is 15.0. The summed E-state index contributed by atoms with van der Waals surface area (Å²) >= 11 is 6.11. The molecule has 1 fully saturated rings. The van der Waals surface area contributed by atoms with Gasteiger partial charge in [0.1, 0.15) is 10.6 Å². The lowest BCUT2D eigenvalue weighted by Gasteiger charge is -2.30. The third-order valence-corrected chi connectivity index (χ3v) is 7.98. The van der Waals surface area contributed by atoms with Gasteiger partial charge in [0.25, 0.3) is 0 Å². The summed E-state index contributed by atoms with van der Waals surface area (Å²) in [6, 6.07) is 12.6. The zero-order valence-corrected chi connectivity index (χ0v) is 20.2. The Morgan fingerprint density at radius 3 is 2.53 bits per heavy atom. The number of hydrogen-bond donors (Lipinski definition) is 1. The lowest BCUT2D eigenvalue weighted by molar-refractivity contribution is -0.117. The van der Waals surface area contributed by atoms with Crippen LogP contribution in [0.15, 0.2) is 47.4 Å². The molecule has 1 amide bonds. The average Bonchev–Trinajstić information content (AvgIpc) is 3.00. The fourth-order valence-corrected chi connectivity index (χ4v) is 5.31. The summed E-state index contributed by atoms with van der Waals surface area (Å²) in [5, 5.41) is 2.95. The number of halogens is 1. The Morgan fingerprint density at radius 1 is 1.16 bits per heavy atom. The van der Waals surface area contributed by atoms with Crippen molar-refractivity contribution in [3.63, 3.8) is 0 Å². The van der Waals surface area contributed by atoms with Crippen LogP contribution in [0.3, 0.4) is 0 Å². The van der Waals surface area contributed by atoms with Gasteiger partial charge >= 0.3 is 0 Å². The molecule has 0 saturated carbocycles. The van der Waals surface area contributed by atoms with Crippen LogP contribution in [-0.4, -0.2) is 57.8 Å². The van der Waals surface area contributed by atoms with Crippen molar-refractivity contribution in [3.8, 4) is 5.75 Å². The van der Waals surface area contributed by atoms with Crippen LogP contribution < -0.4 is 10.1 Å². The highest BCUT2D eigenvalue weighted by Gasteiger charge is 2.25. The van der Waals surface area contributed by atoms with E-state index in [1.54, 1.807) is 13.2 Å². The largest absolute Gasteiger partial charge is 0.497 e. The maximum atomic E-state index is 12.9. The summed E-state index contributed by atoms with van der Waals surface area (Å²) in [6.07, 6.45) is 4.25. The number of carbonyl (C=O) groups excluding carboxylic acids is 1. The van der Waals surface area contributed by atoms with Crippen molar-refractivity contribution in [1.29, 1.82) is 0 Å². The summed E-state index contributed by atoms with van der Waals surface area (Å²) in [6.45, 7) is 1.04. The Kier molecular flexibility index (Phi) is 8.16. The summed E-state index contributed by atoms with van der Waals surface area (Å²) in [5.74, 6) is 0.610. The van der Waals surface area contributed by atoms with E-state index in [0.717, 1.165) is 47.8 Å². The van der Waals surface area contributed by atoms with Gasteiger partial charge in [0.05, 0.1) is 18.7 Å². The molecule has 174 valence electrons. The van der Waals surface area contributed by atoms with Gasteiger partial charge in [-0.05, 0) is 55.3 Å². The lowest BCUT2D eigenvalue weighted by Crippen LogP contribution is -2.36. The van der Waals surface area contributed by atoms with Gasteiger partial charge in [-0.15, -0.1) is 0 Å². The van der Waals surface area contributed by atoms with Gasteiger partial charge in [-0.3, -0.25) is 9.69 Å². The second-order valence-electron chi connectivity index (χ2n) is 8.09. The minimum atomic E-state index is -3.72. The number of benzene rings is 2. The van der Waals surface area contributed by atoms with E-state index in [4.69, 9.17) is 16.3 Å². The summed E-state index contributed by atoms with van der Waals surface area (Å²) < 4.78 is 31.4. The van der Waals surface area contributed by atoms with Crippen LogP contribution in [0.25, 0.3) is 0 Å². The molecule has 0 unspecified atom stereocenters. The standard InChI is InChI=1S/C23H30ClN3O4S/c1-26(2)32(29,30)22-15-18(10-13-20(22)24)25-23(28)16-27-14-6-4-5-7-21(27)17-8-11-19(31-3)12-9-17/h8-13,15,21H,4-7,14,16H2,1-3H3,(H,25,28)/t21-/m1/s1. The Hall–Kier alpha value is -2.13. The number of nitrogens with zero attached hydrogens (tertiary/aromatic N) is 2. The van der Waals surface area contributed by atoms with Gasteiger partial charge in [0, 0.05) is 25.8 Å². The first kappa shape index (κ1) is 24.5. The van der Waals surface area contributed by atoms with Gasteiger partial charge in [0.2, 0.25) is 15.9 Å². The first-order chi connectivity index (χ1) is 15.2. The number of likely N-dealkylation sites (tertiary alicyclic amines) is 1. The lowest BCUT2D eigenvalue weighted by atomic mass is 10.0. The molecule has 1 N–H and O–H groups in total. The predicted octanol–water partition coefficient (Wildman–Crippen LogP) is 4.15. The zero-order valence-electron chi connectivity index (χ0n) is 18.7. The molecule has 2 aromatic carbocycles. The number of rotatable bonds is 7. The van der Waals surface area contributed by atoms with Crippen LogP contribution in [0.4, 0.5) is 5.69 Å². The van der Waals surface area contributed by atoms with E-state index in [9.17, 15) is 13.2 Å². The topological polar surface area (TPSA) is 79.0 Å². The van der Waals surface area contributed by atoms with Gasteiger partial charge < -0.3 is 10.1 Å². The second-order valence-corrected chi connectivity index (χ2v) is 10.6. The zero-order chi connectivity index (χ0) is 23.3. The predicted molar refractivity (Wildman–Crippen MR) is 127 cm³/mol. The number of carbonyl (C=O) groups is 1. The Morgan fingerprint density at radius 2 is 1.88 bits per heavy atom. The minimum Gasteiger partial charge on any atom is -0.497 e. The quantitative estimate of drug-likeness (QED) is 0.645. The molecular formula is C23H30ClN3O4S. The molecule has 0 aliphatic carbocycles. The van der Waals surface area contributed by atoms with Crippen molar-refractivity contribution in [2.75, 3.05) is 39.6 Å². The summed E-state index contributed by atoms with van der Waals surface area (Å²) in [5.41, 5.74) is 1.56. The Bertz CT molecular complexity index is 1040. The van der Waals surface area contributed by atoms with Crippen LogP contribution in [0.5, 0.6) is 5.75 Å². The van der Waals surface area contributed by atoms with E-state index < -0.39 is 10.0 Å². The molecule has 7 nitrogen and oxygen atoms in total. The molecule has 2 aromatic rings. The summed E-state index contributed by atoms with van der Waals surface area (Å²) in [7, 11) is 0.803. The van der Waals surface area contributed by atoms with Crippen LogP contribution >= 0.6 is 11.6 Å². The molecule has 0 spiro atoms. The van der Waals surface area contributed by atoms with Crippen molar-refractivity contribution >= 4 is 33.2 Å². The molecular weight excluding hydrogens is 450 g/mol. The van der Waals surface area contributed by atoms with Crippen molar-refractivity contribution in [2.45, 2.75) is 36.6 Å². The van der Waals surface area contributed by atoms with E-state index in [-0.39, 0.29) is 28.4 Å². The van der Waals surface area contributed by atoms with E-state index in [1.165, 1.54) is 26.2 Å². The van der Waals surface area contributed by atoms with Crippen molar-refractivity contribution in [1.82, 2.24) is 9.21 Å². The van der Waals surface area contributed by atoms with Gasteiger partial charge in [-0.25, -0.2) is 12.7 Å². The van der Waals surface area contributed by atoms with E-state index in [0.29, 0.717) is 5.69 Å². The number of hydrogen-bond acceptors (Lipinski definition) is 5. The van der Waals surface area contributed by atoms with E-state index in [1.807, 2.05) is 12.1 Å². The maximum absolute atomic E-state index is 12.9. The third-order valence-electron chi connectivity index (χ3n) is 5.68. The first-order valence-corrected chi connectivity index (χ1v) is 12.4. The van der Waals surface area contributed by atoms with Gasteiger partial charge in [-0.1, -0.05) is 36.6 Å². The first-order valence-electron chi connectivity index (χ1n) is 10.6. The molecule has 0 radical (unpaired) electrons. The second kappa shape index (κ2) is 10.7. The van der Waals surface area contributed by atoms with Crippen LogP contribution in [0, 0.1) is 0 Å². The number of amides is 1. The molecule has 9 heteroatoms. The Labute approximate surface area is 195 Å². The Balaban J connectivity index is 1.76. The number of anilines is 1. The SMILES string of the molecule is COc1ccc([C@H]2CCCCCN2CC(=O)Nc2ccc(Cl)c(S(=O)(=O)N(C)C)c2)cc1. The van der Waals surface area contributed by atoms with E-state index >= 15 is 0 Å².